The molecule has 0 rings (SSSR count). The van der Waals surface area contributed by atoms with Crippen LogP contribution in [0.25, 0.3) is 0 Å². The van der Waals surface area contributed by atoms with Gasteiger partial charge in [0.05, 0.1) is 6.61 Å². The van der Waals surface area contributed by atoms with Crippen molar-refractivity contribution in [2.75, 3.05) is 6.61 Å². The van der Waals surface area contributed by atoms with Crippen LogP contribution in [0.2, 0.25) is 0 Å². The Morgan fingerprint density at radius 3 is 2.62 bits per heavy atom. The van der Waals surface area contributed by atoms with Crippen LogP contribution in [0, 0.1) is 0 Å². The molecule has 0 atom stereocenters. The summed E-state index contributed by atoms with van der Waals surface area (Å²) in [5, 5.41) is 16.9. The molecule has 2 N–H and O–H groups in total. The van der Waals surface area contributed by atoms with Crippen LogP contribution < -0.4 is 0 Å². The first-order valence-electron chi connectivity index (χ1n) is 4.68. The SMILES string of the molecule is CCCCCC(=O)OCCC(O)O. The molecular formula is C9H18O4. The number of ether oxygens (including phenoxy) is 1. The molecule has 0 aliphatic heterocycles. The molecule has 0 saturated carbocycles. The predicted molar refractivity (Wildman–Crippen MR) is 47.9 cm³/mol. The maximum atomic E-state index is 10.9. The van der Waals surface area contributed by atoms with Crippen molar-refractivity contribution in [3.63, 3.8) is 0 Å². The zero-order valence-corrected chi connectivity index (χ0v) is 8.03. The minimum atomic E-state index is -1.39. The highest BCUT2D eigenvalue weighted by atomic mass is 16.5. The van der Waals surface area contributed by atoms with Crippen molar-refractivity contribution in [2.45, 2.75) is 45.3 Å². The van der Waals surface area contributed by atoms with E-state index < -0.39 is 6.29 Å². The van der Waals surface area contributed by atoms with E-state index in [0.29, 0.717) is 6.42 Å². The number of aliphatic hydroxyl groups is 2. The lowest BCUT2D eigenvalue weighted by atomic mass is 10.2. The van der Waals surface area contributed by atoms with E-state index in [0.717, 1.165) is 19.3 Å². The van der Waals surface area contributed by atoms with E-state index in [2.05, 4.69) is 6.92 Å². The molecule has 0 aromatic heterocycles. The van der Waals surface area contributed by atoms with Crippen LogP contribution in [0.15, 0.2) is 0 Å². The van der Waals surface area contributed by atoms with Crippen molar-refractivity contribution in [3.05, 3.63) is 0 Å². The smallest absolute Gasteiger partial charge is 0.305 e. The van der Waals surface area contributed by atoms with Crippen molar-refractivity contribution >= 4 is 5.97 Å². The van der Waals surface area contributed by atoms with Gasteiger partial charge in [-0.15, -0.1) is 0 Å². The van der Waals surface area contributed by atoms with E-state index >= 15 is 0 Å². The van der Waals surface area contributed by atoms with Crippen LogP contribution >= 0.6 is 0 Å². The van der Waals surface area contributed by atoms with Gasteiger partial charge in [0.15, 0.2) is 6.29 Å². The van der Waals surface area contributed by atoms with E-state index in [1.165, 1.54) is 0 Å². The van der Waals surface area contributed by atoms with E-state index in [-0.39, 0.29) is 19.0 Å². The molecule has 4 nitrogen and oxygen atoms in total. The molecule has 0 saturated heterocycles. The highest BCUT2D eigenvalue weighted by Gasteiger charge is 2.03. The first-order chi connectivity index (χ1) is 6.16. The zero-order chi connectivity index (χ0) is 10.1. The molecule has 0 spiro atoms. The number of esters is 1. The maximum Gasteiger partial charge on any atom is 0.305 e. The summed E-state index contributed by atoms with van der Waals surface area (Å²) in [4.78, 5) is 10.9. The fourth-order valence-electron chi connectivity index (χ4n) is 0.870. The average Bonchev–Trinajstić information content (AvgIpc) is 2.04. The van der Waals surface area contributed by atoms with E-state index in [9.17, 15) is 4.79 Å². The third kappa shape index (κ3) is 9.30. The van der Waals surface area contributed by atoms with Gasteiger partial charge in [0, 0.05) is 12.8 Å². The monoisotopic (exact) mass is 190 g/mol. The van der Waals surface area contributed by atoms with Crippen molar-refractivity contribution in [1.82, 2.24) is 0 Å². The van der Waals surface area contributed by atoms with Gasteiger partial charge in [0.2, 0.25) is 0 Å². The van der Waals surface area contributed by atoms with Crippen LogP contribution in [0.3, 0.4) is 0 Å². The van der Waals surface area contributed by atoms with E-state index in [1.807, 2.05) is 0 Å². The molecule has 4 heteroatoms. The molecule has 0 amide bonds. The third-order valence-electron chi connectivity index (χ3n) is 1.62. The summed E-state index contributed by atoms with van der Waals surface area (Å²) >= 11 is 0. The molecule has 0 radical (unpaired) electrons. The molecule has 13 heavy (non-hydrogen) atoms. The summed E-state index contributed by atoms with van der Waals surface area (Å²) in [6, 6.07) is 0. The second kappa shape index (κ2) is 8.01. The fraction of sp³-hybridized carbons (Fsp3) is 0.889. The zero-order valence-electron chi connectivity index (χ0n) is 8.03. The third-order valence-corrected chi connectivity index (χ3v) is 1.62. The van der Waals surface area contributed by atoms with Gasteiger partial charge in [-0.05, 0) is 6.42 Å². The predicted octanol–water partition coefficient (Wildman–Crippen LogP) is 0.811. The topological polar surface area (TPSA) is 66.8 Å². The lowest BCUT2D eigenvalue weighted by Crippen LogP contribution is -2.12. The van der Waals surface area contributed by atoms with Gasteiger partial charge in [-0.1, -0.05) is 19.8 Å². The van der Waals surface area contributed by atoms with Gasteiger partial charge in [0.1, 0.15) is 0 Å². The van der Waals surface area contributed by atoms with Crippen LogP contribution in [-0.2, 0) is 9.53 Å². The minimum absolute atomic E-state index is 0.0829. The summed E-state index contributed by atoms with van der Waals surface area (Å²) in [5.41, 5.74) is 0. The largest absolute Gasteiger partial charge is 0.465 e. The highest BCUT2D eigenvalue weighted by Crippen LogP contribution is 2.00. The van der Waals surface area contributed by atoms with Crippen LogP contribution in [0.5, 0.6) is 0 Å². The van der Waals surface area contributed by atoms with Crippen LogP contribution in [0.1, 0.15) is 39.0 Å². The molecule has 0 aliphatic carbocycles. The Kier molecular flexibility index (Phi) is 7.63. The van der Waals surface area contributed by atoms with Crippen LogP contribution in [-0.4, -0.2) is 29.1 Å². The Bertz CT molecular complexity index is 134. The van der Waals surface area contributed by atoms with Gasteiger partial charge in [-0.2, -0.15) is 0 Å². The first kappa shape index (κ1) is 12.4. The Morgan fingerprint density at radius 1 is 1.38 bits per heavy atom. The lowest BCUT2D eigenvalue weighted by Gasteiger charge is -2.05. The lowest BCUT2D eigenvalue weighted by molar-refractivity contribution is -0.146. The number of carbonyl (C=O) groups is 1. The van der Waals surface area contributed by atoms with Gasteiger partial charge >= 0.3 is 5.97 Å². The molecule has 0 aromatic carbocycles. The fourth-order valence-corrected chi connectivity index (χ4v) is 0.870. The second-order valence-corrected chi connectivity index (χ2v) is 2.95. The van der Waals surface area contributed by atoms with Crippen molar-refractivity contribution in [1.29, 1.82) is 0 Å². The van der Waals surface area contributed by atoms with E-state index in [1.54, 1.807) is 0 Å². The Labute approximate surface area is 78.5 Å². The number of hydrogen-bond acceptors (Lipinski definition) is 4. The average molecular weight is 190 g/mol. The molecular weight excluding hydrogens is 172 g/mol. The van der Waals surface area contributed by atoms with Crippen LogP contribution in [0.4, 0.5) is 0 Å². The van der Waals surface area contributed by atoms with Gasteiger partial charge in [0.25, 0.3) is 0 Å². The van der Waals surface area contributed by atoms with Gasteiger partial charge in [-0.25, -0.2) is 0 Å². The van der Waals surface area contributed by atoms with Gasteiger partial charge in [-0.3, -0.25) is 4.79 Å². The second-order valence-electron chi connectivity index (χ2n) is 2.95. The molecule has 0 aromatic rings. The summed E-state index contributed by atoms with van der Waals surface area (Å²) in [5.74, 6) is -0.255. The summed E-state index contributed by atoms with van der Waals surface area (Å²) < 4.78 is 4.74. The molecule has 0 aliphatic rings. The highest BCUT2D eigenvalue weighted by molar-refractivity contribution is 5.69. The normalized spacial score (nSPS) is 10.5. The number of unbranched alkanes of at least 4 members (excludes halogenated alkanes) is 2. The number of aliphatic hydroxyl groups excluding tert-OH is 1. The van der Waals surface area contributed by atoms with Crippen molar-refractivity contribution < 1.29 is 19.7 Å². The number of carbonyl (C=O) groups excluding carboxylic acids is 1. The van der Waals surface area contributed by atoms with Crippen molar-refractivity contribution in [2.24, 2.45) is 0 Å². The van der Waals surface area contributed by atoms with Crippen molar-refractivity contribution in [3.8, 4) is 0 Å². The Morgan fingerprint density at radius 2 is 2.08 bits per heavy atom. The standard InChI is InChI=1S/C9H18O4/c1-2-3-4-5-9(12)13-7-6-8(10)11/h8,10-11H,2-7H2,1H3. The summed E-state index contributed by atoms with van der Waals surface area (Å²) in [6.45, 7) is 2.15. The summed E-state index contributed by atoms with van der Waals surface area (Å²) in [7, 11) is 0. The molecule has 0 unspecified atom stereocenters. The first-order valence-corrected chi connectivity index (χ1v) is 4.68. The molecule has 0 heterocycles. The Hall–Kier alpha value is -0.610. The Balaban J connectivity index is 3.20. The minimum Gasteiger partial charge on any atom is -0.465 e. The number of rotatable bonds is 7. The maximum absolute atomic E-state index is 10.9. The summed E-state index contributed by atoms with van der Waals surface area (Å²) in [6.07, 6.45) is 2.06. The number of hydrogen-bond donors (Lipinski definition) is 2. The van der Waals surface area contributed by atoms with Gasteiger partial charge < -0.3 is 14.9 Å². The van der Waals surface area contributed by atoms with E-state index in [4.69, 9.17) is 14.9 Å². The molecule has 0 bridgehead atoms. The molecule has 0 fully saturated rings. The molecule has 78 valence electrons. The quantitative estimate of drug-likeness (QED) is 0.354.